The number of esters is 1. The summed E-state index contributed by atoms with van der Waals surface area (Å²) in [4.78, 5) is 23.4. The van der Waals surface area contributed by atoms with Gasteiger partial charge in [0, 0.05) is 8.95 Å². The van der Waals surface area contributed by atoms with E-state index < -0.39 is 11.9 Å². The van der Waals surface area contributed by atoms with Gasteiger partial charge >= 0.3 is 11.9 Å². The van der Waals surface area contributed by atoms with E-state index in [1.807, 2.05) is 13.8 Å². The highest BCUT2D eigenvalue weighted by atomic mass is 79.9. The quantitative estimate of drug-likeness (QED) is 0.697. The molecule has 0 aliphatic heterocycles. The van der Waals surface area contributed by atoms with E-state index in [9.17, 15) is 14.7 Å². The van der Waals surface area contributed by atoms with Crippen LogP contribution in [0.25, 0.3) is 0 Å². The third-order valence-electron chi connectivity index (χ3n) is 2.85. The third-order valence-corrected chi connectivity index (χ3v) is 4.69. The lowest BCUT2D eigenvalue weighted by Crippen LogP contribution is -2.19. The number of hydrogen-bond acceptors (Lipinski definition) is 3. The molecule has 0 saturated heterocycles. The maximum Gasteiger partial charge on any atom is 0.339 e. The molecule has 1 unspecified atom stereocenters. The Morgan fingerprint density at radius 2 is 1.75 bits per heavy atom. The van der Waals surface area contributed by atoms with Crippen LogP contribution in [0.5, 0.6) is 0 Å². The Morgan fingerprint density at radius 3 is 2.20 bits per heavy atom. The van der Waals surface area contributed by atoms with Crippen molar-refractivity contribution in [2.75, 3.05) is 0 Å². The molecule has 0 radical (unpaired) electrons. The van der Waals surface area contributed by atoms with Crippen molar-refractivity contribution in [1.82, 2.24) is 0 Å². The van der Waals surface area contributed by atoms with Crippen LogP contribution in [-0.2, 0) is 4.74 Å². The van der Waals surface area contributed by atoms with Crippen molar-refractivity contribution in [1.29, 1.82) is 0 Å². The maximum absolute atomic E-state index is 12.2. The van der Waals surface area contributed by atoms with Crippen LogP contribution in [0.4, 0.5) is 0 Å². The highest BCUT2D eigenvalue weighted by Crippen LogP contribution is 2.28. The van der Waals surface area contributed by atoms with E-state index in [-0.39, 0.29) is 17.2 Å². The summed E-state index contributed by atoms with van der Waals surface area (Å²) in [5.74, 6) is -1.76. The summed E-state index contributed by atoms with van der Waals surface area (Å²) in [7, 11) is 0. The number of benzene rings is 1. The minimum absolute atomic E-state index is 0.0575. The topological polar surface area (TPSA) is 63.6 Å². The first-order chi connectivity index (χ1) is 9.40. The predicted octanol–water partition coefficient (Wildman–Crippen LogP) is 4.65. The van der Waals surface area contributed by atoms with Crippen LogP contribution in [0.2, 0.25) is 0 Å². The first kappa shape index (κ1) is 17.2. The van der Waals surface area contributed by atoms with Gasteiger partial charge in [0.05, 0.1) is 11.1 Å². The predicted molar refractivity (Wildman–Crippen MR) is 83.2 cm³/mol. The van der Waals surface area contributed by atoms with E-state index >= 15 is 0 Å². The number of rotatable bonds is 6. The molecule has 0 saturated carbocycles. The summed E-state index contributed by atoms with van der Waals surface area (Å²) in [6.45, 7) is 3.94. The molecule has 20 heavy (non-hydrogen) atoms. The average Bonchev–Trinajstić information content (AvgIpc) is 2.40. The zero-order valence-corrected chi connectivity index (χ0v) is 14.5. The lowest BCUT2D eigenvalue weighted by molar-refractivity contribution is 0.0266. The first-order valence-corrected chi connectivity index (χ1v) is 7.92. The van der Waals surface area contributed by atoms with Gasteiger partial charge in [0.1, 0.15) is 6.10 Å². The van der Waals surface area contributed by atoms with Crippen molar-refractivity contribution in [2.45, 2.75) is 39.2 Å². The van der Waals surface area contributed by atoms with Crippen molar-refractivity contribution in [2.24, 2.45) is 0 Å². The van der Waals surface area contributed by atoms with Crippen molar-refractivity contribution in [3.63, 3.8) is 0 Å². The molecule has 4 nitrogen and oxygen atoms in total. The van der Waals surface area contributed by atoms with E-state index in [0.29, 0.717) is 15.4 Å². The second-order valence-electron chi connectivity index (χ2n) is 4.34. The maximum atomic E-state index is 12.2. The smallest absolute Gasteiger partial charge is 0.339 e. The van der Waals surface area contributed by atoms with E-state index in [2.05, 4.69) is 31.9 Å². The molecule has 0 aliphatic rings. The van der Waals surface area contributed by atoms with Gasteiger partial charge in [0.15, 0.2) is 0 Å². The number of ether oxygens (including phenoxy) is 1. The fraction of sp³-hybridized carbons (Fsp3) is 0.429. The Labute approximate surface area is 134 Å². The molecule has 0 spiro atoms. The summed E-state index contributed by atoms with van der Waals surface area (Å²) >= 11 is 6.49. The third kappa shape index (κ3) is 4.31. The SMILES string of the molecule is CCCC(CC)OC(=O)c1cc(Br)c(Br)cc1C(=O)O. The van der Waals surface area contributed by atoms with Crippen LogP contribution in [0, 0.1) is 0 Å². The summed E-state index contributed by atoms with van der Waals surface area (Å²) in [6.07, 6.45) is 2.19. The molecule has 0 heterocycles. The highest BCUT2D eigenvalue weighted by Gasteiger charge is 2.22. The number of aromatic carboxylic acids is 1. The lowest BCUT2D eigenvalue weighted by Gasteiger charge is -2.16. The Kier molecular flexibility index (Phi) is 6.68. The van der Waals surface area contributed by atoms with Crippen LogP contribution in [-0.4, -0.2) is 23.1 Å². The van der Waals surface area contributed by atoms with E-state index in [4.69, 9.17) is 4.74 Å². The normalized spacial score (nSPS) is 12.0. The van der Waals surface area contributed by atoms with E-state index in [0.717, 1.165) is 12.8 Å². The molecule has 0 fully saturated rings. The second kappa shape index (κ2) is 7.78. The number of carbonyl (C=O) groups is 2. The van der Waals surface area contributed by atoms with Crippen molar-refractivity contribution in [3.05, 3.63) is 32.2 Å². The monoisotopic (exact) mass is 406 g/mol. The fourth-order valence-electron chi connectivity index (χ4n) is 1.78. The number of halogens is 2. The molecule has 1 atom stereocenters. The van der Waals surface area contributed by atoms with Gasteiger partial charge in [-0.25, -0.2) is 9.59 Å². The van der Waals surface area contributed by atoms with Crippen LogP contribution in [0.15, 0.2) is 21.1 Å². The van der Waals surface area contributed by atoms with Crippen LogP contribution in [0.3, 0.4) is 0 Å². The number of carbonyl (C=O) groups excluding carboxylic acids is 1. The average molecular weight is 408 g/mol. The molecule has 1 aromatic rings. The number of carboxylic acids is 1. The fourth-order valence-corrected chi connectivity index (χ4v) is 2.46. The molecule has 1 rings (SSSR count). The zero-order chi connectivity index (χ0) is 15.3. The number of carboxylic acid groups (broad SMARTS) is 1. The molecular weight excluding hydrogens is 392 g/mol. The van der Waals surface area contributed by atoms with E-state index in [1.54, 1.807) is 0 Å². The van der Waals surface area contributed by atoms with Gasteiger partial charge in [-0.3, -0.25) is 0 Å². The van der Waals surface area contributed by atoms with Crippen LogP contribution in [0.1, 0.15) is 53.8 Å². The van der Waals surface area contributed by atoms with Crippen molar-refractivity contribution in [3.8, 4) is 0 Å². The Morgan fingerprint density at radius 1 is 1.20 bits per heavy atom. The minimum Gasteiger partial charge on any atom is -0.478 e. The van der Waals surface area contributed by atoms with Crippen LogP contribution < -0.4 is 0 Å². The molecule has 0 bridgehead atoms. The first-order valence-electron chi connectivity index (χ1n) is 6.34. The highest BCUT2D eigenvalue weighted by molar-refractivity contribution is 9.13. The van der Waals surface area contributed by atoms with Crippen molar-refractivity contribution >= 4 is 43.8 Å². The largest absolute Gasteiger partial charge is 0.478 e. The molecule has 6 heteroatoms. The molecule has 110 valence electrons. The molecule has 0 aliphatic carbocycles. The Hall–Kier alpha value is -0.880. The minimum atomic E-state index is -1.16. The summed E-state index contributed by atoms with van der Waals surface area (Å²) in [6, 6.07) is 2.86. The van der Waals surface area contributed by atoms with E-state index in [1.165, 1.54) is 12.1 Å². The lowest BCUT2D eigenvalue weighted by atomic mass is 10.1. The van der Waals surface area contributed by atoms with Gasteiger partial charge in [-0.2, -0.15) is 0 Å². The summed E-state index contributed by atoms with van der Waals surface area (Å²) in [5, 5.41) is 9.18. The van der Waals surface area contributed by atoms with Crippen molar-refractivity contribution < 1.29 is 19.4 Å². The standard InChI is InChI=1S/C14H16Br2O4/c1-3-5-8(4-2)20-14(19)10-7-12(16)11(15)6-9(10)13(17)18/h6-8H,3-5H2,1-2H3,(H,17,18). The summed E-state index contributed by atoms with van der Waals surface area (Å²) < 4.78 is 6.56. The molecular formula is C14H16Br2O4. The van der Waals surface area contributed by atoms with Gasteiger partial charge < -0.3 is 9.84 Å². The molecule has 1 N–H and O–H groups in total. The van der Waals surface area contributed by atoms with Gasteiger partial charge in [-0.05, 0) is 56.8 Å². The van der Waals surface area contributed by atoms with Gasteiger partial charge in [0.2, 0.25) is 0 Å². The van der Waals surface area contributed by atoms with Crippen LogP contribution >= 0.6 is 31.9 Å². The molecule has 0 amide bonds. The number of hydrogen-bond donors (Lipinski definition) is 1. The zero-order valence-electron chi connectivity index (χ0n) is 11.3. The Balaban J connectivity index is 3.08. The van der Waals surface area contributed by atoms with Gasteiger partial charge in [-0.15, -0.1) is 0 Å². The summed E-state index contributed by atoms with van der Waals surface area (Å²) in [5.41, 5.74) is -0.0152. The Bertz CT molecular complexity index is 514. The van der Waals surface area contributed by atoms with Gasteiger partial charge in [-0.1, -0.05) is 20.3 Å². The molecule has 0 aromatic heterocycles. The van der Waals surface area contributed by atoms with Gasteiger partial charge in [0.25, 0.3) is 0 Å². The second-order valence-corrected chi connectivity index (χ2v) is 6.05. The molecule has 1 aromatic carbocycles.